The monoisotopic (exact) mass is 439 g/mol. The Morgan fingerprint density at radius 3 is 2.58 bits per heavy atom. The summed E-state index contributed by atoms with van der Waals surface area (Å²) in [6, 6.07) is 17.7. The minimum Gasteiger partial charge on any atom is -0.351 e. The Labute approximate surface area is 191 Å². The first-order valence-corrected chi connectivity index (χ1v) is 11.1. The van der Waals surface area contributed by atoms with Crippen molar-refractivity contribution in [2.45, 2.75) is 31.7 Å². The van der Waals surface area contributed by atoms with Crippen LogP contribution in [0.2, 0.25) is 0 Å². The molecule has 2 aromatic carbocycles. The van der Waals surface area contributed by atoms with E-state index in [2.05, 4.69) is 27.5 Å². The maximum Gasteiger partial charge on any atom is 0.247 e. The number of nitrogens with zero attached hydrogens (tertiary/aromatic N) is 4. The Hall–Kier alpha value is -4.20. The summed E-state index contributed by atoms with van der Waals surface area (Å²) in [5, 5.41) is 9.72. The quantitative estimate of drug-likeness (QED) is 0.349. The molecule has 8 nitrogen and oxygen atoms in total. The van der Waals surface area contributed by atoms with E-state index in [1.54, 1.807) is 6.20 Å². The van der Waals surface area contributed by atoms with Crippen LogP contribution in [-0.2, 0) is 4.79 Å². The lowest BCUT2D eigenvalue weighted by Gasteiger charge is -2.15. The first kappa shape index (κ1) is 20.7. The number of imidazole rings is 1. The molecule has 0 aliphatic heterocycles. The first-order valence-electron chi connectivity index (χ1n) is 11.1. The van der Waals surface area contributed by atoms with Gasteiger partial charge in [-0.25, -0.2) is 9.97 Å². The minimum atomic E-state index is -0.289. The summed E-state index contributed by atoms with van der Waals surface area (Å²) in [5.74, 6) is 0.862. The van der Waals surface area contributed by atoms with Crippen molar-refractivity contribution in [3.63, 3.8) is 0 Å². The molecule has 1 saturated carbocycles. The van der Waals surface area contributed by atoms with Crippen molar-refractivity contribution in [3.8, 4) is 5.69 Å². The summed E-state index contributed by atoms with van der Waals surface area (Å²) >= 11 is 0. The summed E-state index contributed by atoms with van der Waals surface area (Å²) in [6.45, 7) is 3.56. The summed E-state index contributed by atoms with van der Waals surface area (Å²) in [7, 11) is 0. The number of para-hydroxylation sites is 3. The van der Waals surface area contributed by atoms with Crippen LogP contribution in [0, 0.1) is 0 Å². The van der Waals surface area contributed by atoms with E-state index in [0.29, 0.717) is 34.8 Å². The van der Waals surface area contributed by atoms with Gasteiger partial charge in [0.05, 0.1) is 17.6 Å². The zero-order valence-electron chi connectivity index (χ0n) is 18.2. The Kier molecular flexibility index (Phi) is 5.72. The lowest BCUT2D eigenvalue weighted by molar-refractivity contribution is -0.111. The summed E-state index contributed by atoms with van der Waals surface area (Å²) in [5.41, 5.74) is 3.54. The van der Waals surface area contributed by atoms with E-state index >= 15 is 0 Å². The predicted octanol–water partition coefficient (Wildman–Crippen LogP) is 5.04. The van der Waals surface area contributed by atoms with Crippen molar-refractivity contribution in [2.24, 2.45) is 0 Å². The van der Waals surface area contributed by atoms with Crippen LogP contribution in [0.25, 0.3) is 16.9 Å². The number of hydrogen-bond acceptors (Lipinski definition) is 6. The van der Waals surface area contributed by atoms with Crippen LogP contribution in [0.5, 0.6) is 0 Å². The van der Waals surface area contributed by atoms with Crippen LogP contribution in [-0.4, -0.2) is 31.5 Å². The Balaban J connectivity index is 1.64. The number of rotatable bonds is 7. The molecule has 166 valence electrons. The SMILES string of the molecule is C=CC(=O)Nc1ccccc1-n1c(Nc2ccccc2)nc2cnc(NC3CCCC3)nc21. The third-order valence-corrected chi connectivity index (χ3v) is 5.71. The molecule has 4 aromatic rings. The number of carbonyl (C=O) groups excluding carboxylic acids is 1. The molecule has 5 rings (SSSR count). The molecule has 1 aliphatic rings. The van der Waals surface area contributed by atoms with Crippen molar-refractivity contribution >= 4 is 40.3 Å². The molecule has 0 saturated heterocycles. The summed E-state index contributed by atoms with van der Waals surface area (Å²) in [4.78, 5) is 26.2. The second kappa shape index (κ2) is 9.12. The van der Waals surface area contributed by atoms with Crippen molar-refractivity contribution in [2.75, 3.05) is 16.0 Å². The molecule has 1 fully saturated rings. The standard InChI is InChI=1S/C25H25N7O/c1-2-22(33)29-19-14-8-9-15-21(19)32-23-20(30-25(32)28-18-10-4-3-5-11-18)16-26-24(31-23)27-17-12-6-7-13-17/h2-5,8-11,14-17H,1,6-7,12-13H2,(H,28,30)(H,29,33)(H,26,27,31). The minimum absolute atomic E-state index is 0.289. The number of nitrogens with one attached hydrogen (secondary N) is 3. The number of carbonyl (C=O) groups is 1. The lowest BCUT2D eigenvalue weighted by Crippen LogP contribution is -2.17. The van der Waals surface area contributed by atoms with E-state index in [1.807, 2.05) is 59.2 Å². The predicted molar refractivity (Wildman–Crippen MR) is 131 cm³/mol. The molecular weight excluding hydrogens is 414 g/mol. The van der Waals surface area contributed by atoms with Gasteiger partial charge < -0.3 is 16.0 Å². The summed E-state index contributed by atoms with van der Waals surface area (Å²) in [6.07, 6.45) is 7.67. The molecule has 1 amide bonds. The fraction of sp³-hybridized carbons (Fsp3) is 0.200. The average molecular weight is 440 g/mol. The maximum atomic E-state index is 12.1. The largest absolute Gasteiger partial charge is 0.351 e. The van der Waals surface area contributed by atoms with E-state index in [4.69, 9.17) is 9.97 Å². The molecule has 8 heteroatoms. The maximum absolute atomic E-state index is 12.1. The third kappa shape index (κ3) is 4.41. The fourth-order valence-corrected chi connectivity index (χ4v) is 4.12. The average Bonchev–Trinajstić information content (AvgIpc) is 3.47. The van der Waals surface area contributed by atoms with Gasteiger partial charge in [-0.2, -0.15) is 4.98 Å². The lowest BCUT2D eigenvalue weighted by atomic mass is 10.2. The van der Waals surface area contributed by atoms with E-state index < -0.39 is 0 Å². The molecule has 0 atom stereocenters. The van der Waals surface area contributed by atoms with Crippen molar-refractivity contribution in [1.82, 2.24) is 19.5 Å². The van der Waals surface area contributed by atoms with E-state index in [1.165, 1.54) is 18.9 Å². The van der Waals surface area contributed by atoms with Crippen LogP contribution in [0.1, 0.15) is 25.7 Å². The van der Waals surface area contributed by atoms with Crippen LogP contribution >= 0.6 is 0 Å². The molecule has 0 bridgehead atoms. The highest BCUT2D eigenvalue weighted by atomic mass is 16.1. The van der Waals surface area contributed by atoms with Crippen LogP contribution in [0.3, 0.4) is 0 Å². The van der Waals surface area contributed by atoms with E-state index in [-0.39, 0.29) is 5.91 Å². The van der Waals surface area contributed by atoms with Gasteiger partial charge in [0.2, 0.25) is 17.8 Å². The fourth-order valence-electron chi connectivity index (χ4n) is 4.12. The van der Waals surface area contributed by atoms with Crippen molar-refractivity contribution in [1.29, 1.82) is 0 Å². The van der Waals surface area contributed by atoms with Crippen LogP contribution in [0.4, 0.5) is 23.3 Å². The number of amides is 1. The first-order chi connectivity index (χ1) is 16.2. The molecule has 0 unspecified atom stereocenters. The highest BCUT2D eigenvalue weighted by Crippen LogP contribution is 2.31. The third-order valence-electron chi connectivity index (χ3n) is 5.71. The number of aromatic nitrogens is 4. The van der Waals surface area contributed by atoms with Gasteiger partial charge in [-0.15, -0.1) is 0 Å². The molecule has 2 heterocycles. The molecule has 0 radical (unpaired) electrons. The van der Waals surface area contributed by atoms with Crippen molar-refractivity contribution in [3.05, 3.63) is 73.4 Å². The molecular formula is C25H25N7O. The Morgan fingerprint density at radius 1 is 1.03 bits per heavy atom. The highest BCUT2D eigenvalue weighted by Gasteiger charge is 2.20. The van der Waals surface area contributed by atoms with Gasteiger partial charge in [0.1, 0.15) is 5.52 Å². The van der Waals surface area contributed by atoms with Crippen molar-refractivity contribution < 1.29 is 4.79 Å². The summed E-state index contributed by atoms with van der Waals surface area (Å²) < 4.78 is 1.91. The molecule has 33 heavy (non-hydrogen) atoms. The van der Waals surface area contributed by atoms with Gasteiger partial charge in [-0.1, -0.05) is 49.8 Å². The smallest absolute Gasteiger partial charge is 0.247 e. The zero-order chi connectivity index (χ0) is 22.6. The van der Waals surface area contributed by atoms with Gasteiger partial charge >= 0.3 is 0 Å². The number of anilines is 4. The van der Waals surface area contributed by atoms with E-state index in [0.717, 1.165) is 24.2 Å². The van der Waals surface area contributed by atoms with Gasteiger partial charge in [0, 0.05) is 11.7 Å². The number of fused-ring (bicyclic) bond motifs is 1. The zero-order valence-corrected chi connectivity index (χ0v) is 18.2. The molecule has 2 aromatic heterocycles. The van der Waals surface area contributed by atoms with Gasteiger partial charge in [-0.3, -0.25) is 9.36 Å². The number of benzene rings is 2. The van der Waals surface area contributed by atoms with Gasteiger partial charge in [0.15, 0.2) is 5.65 Å². The second-order valence-electron chi connectivity index (χ2n) is 8.00. The van der Waals surface area contributed by atoms with E-state index in [9.17, 15) is 4.79 Å². The topological polar surface area (TPSA) is 96.8 Å². The molecule has 1 aliphatic carbocycles. The highest BCUT2D eigenvalue weighted by molar-refractivity contribution is 6.00. The van der Waals surface area contributed by atoms with Crippen LogP contribution < -0.4 is 16.0 Å². The normalized spacial score (nSPS) is 13.7. The van der Waals surface area contributed by atoms with Gasteiger partial charge in [-0.05, 0) is 43.2 Å². The molecule has 3 N–H and O–H groups in total. The Bertz CT molecular complexity index is 1290. The van der Waals surface area contributed by atoms with Crippen LogP contribution in [0.15, 0.2) is 73.4 Å². The Morgan fingerprint density at radius 2 is 1.79 bits per heavy atom. The number of hydrogen-bond donors (Lipinski definition) is 3. The van der Waals surface area contributed by atoms with Gasteiger partial charge in [0.25, 0.3) is 0 Å². The molecule has 0 spiro atoms. The second-order valence-corrected chi connectivity index (χ2v) is 8.00.